The normalized spacial score (nSPS) is 26.9. The number of ether oxygens (including phenoxy) is 2. The summed E-state index contributed by atoms with van der Waals surface area (Å²) in [5.74, 6) is -0.999. The molecule has 7 rings (SSSR count). The second kappa shape index (κ2) is 12.8. The number of amides is 3. The van der Waals surface area contributed by atoms with E-state index in [0.29, 0.717) is 43.0 Å². The highest BCUT2D eigenvalue weighted by Crippen LogP contribution is 2.68. The first-order valence-electron chi connectivity index (χ1n) is 15.9. The van der Waals surface area contributed by atoms with E-state index in [1.165, 1.54) is 16.2 Å². The third-order valence-electron chi connectivity index (χ3n) is 10.0. The number of carbonyl (C=O) groups excluding carboxylic acids is 3. The quantitative estimate of drug-likeness (QED) is 0.185. The number of aliphatic carboxylic acids is 1. The van der Waals surface area contributed by atoms with Gasteiger partial charge in [0.15, 0.2) is 6.61 Å². The van der Waals surface area contributed by atoms with Crippen molar-refractivity contribution in [3.8, 4) is 11.5 Å². The third kappa shape index (κ3) is 5.84. The van der Waals surface area contributed by atoms with Crippen LogP contribution >= 0.6 is 23.1 Å². The number of carbonyl (C=O) groups is 4. The molecule has 2 aliphatic heterocycles. The lowest BCUT2D eigenvalue weighted by molar-refractivity contribution is -0.141. The molecule has 2 aromatic carbocycles. The van der Waals surface area contributed by atoms with Crippen LogP contribution in [-0.4, -0.2) is 64.2 Å². The van der Waals surface area contributed by atoms with Crippen LogP contribution in [0, 0.1) is 29.6 Å². The summed E-state index contributed by atoms with van der Waals surface area (Å²) in [6.45, 7) is 0.129. The lowest BCUT2D eigenvalue weighted by atomic mass is 9.68. The van der Waals surface area contributed by atoms with Gasteiger partial charge < -0.3 is 24.9 Å². The molecule has 2 aliphatic carbocycles. The van der Waals surface area contributed by atoms with Crippen molar-refractivity contribution in [2.75, 3.05) is 25.6 Å². The van der Waals surface area contributed by atoms with E-state index in [0.717, 1.165) is 21.9 Å². The van der Waals surface area contributed by atoms with Crippen LogP contribution < -0.4 is 19.7 Å². The maximum atomic E-state index is 13.8. The van der Waals surface area contributed by atoms with Crippen LogP contribution in [0.2, 0.25) is 0 Å². The smallest absolute Gasteiger partial charge is 0.305 e. The van der Waals surface area contributed by atoms with Crippen LogP contribution in [0.1, 0.15) is 48.5 Å². The number of carboxylic acids is 1. The van der Waals surface area contributed by atoms with Gasteiger partial charge in [-0.05, 0) is 79.0 Å². The maximum absolute atomic E-state index is 13.8. The minimum atomic E-state index is -0.846. The molecule has 246 valence electrons. The Labute approximate surface area is 279 Å². The molecule has 13 heteroatoms. The fourth-order valence-corrected chi connectivity index (χ4v) is 11.1. The number of imide groups is 1. The number of anilines is 1. The van der Waals surface area contributed by atoms with Gasteiger partial charge in [0, 0.05) is 34.7 Å². The number of aromatic amines is 1. The number of thioether (sulfide) groups is 1. The van der Waals surface area contributed by atoms with Crippen molar-refractivity contribution in [1.82, 2.24) is 9.88 Å². The molecule has 47 heavy (non-hydrogen) atoms. The van der Waals surface area contributed by atoms with Gasteiger partial charge in [-0.1, -0.05) is 29.9 Å². The molecule has 0 radical (unpaired) electrons. The second-order valence-corrected chi connectivity index (χ2v) is 14.8. The second-order valence-electron chi connectivity index (χ2n) is 12.6. The Kier molecular flexibility index (Phi) is 8.60. The van der Waals surface area contributed by atoms with Gasteiger partial charge in [-0.2, -0.15) is 0 Å². The molecule has 3 aromatic rings. The number of hydrogen-bond donors (Lipinski definition) is 3. The summed E-state index contributed by atoms with van der Waals surface area (Å²) in [6.07, 6.45) is 2.62. The summed E-state index contributed by atoms with van der Waals surface area (Å²) < 4.78 is 11.1. The molecule has 2 saturated carbocycles. The van der Waals surface area contributed by atoms with E-state index < -0.39 is 5.97 Å². The molecule has 3 heterocycles. The Morgan fingerprint density at radius 2 is 1.77 bits per heavy atom. The Balaban J connectivity index is 1.09. The Hall–Kier alpha value is -4.10. The topological polar surface area (TPSA) is 155 Å². The number of carboxylic acid groups (broad SMARTS) is 1. The van der Waals surface area contributed by atoms with Crippen LogP contribution in [0.3, 0.4) is 0 Å². The van der Waals surface area contributed by atoms with Crippen molar-refractivity contribution in [2.24, 2.45) is 29.6 Å². The van der Waals surface area contributed by atoms with Crippen LogP contribution in [0.25, 0.3) is 0 Å². The minimum absolute atomic E-state index is 0.00818. The predicted octanol–water partition coefficient (Wildman–Crippen LogP) is 4.58. The molecule has 6 unspecified atom stereocenters. The zero-order valence-electron chi connectivity index (χ0n) is 25.7. The van der Waals surface area contributed by atoms with Crippen LogP contribution in [-0.2, 0) is 19.2 Å². The van der Waals surface area contributed by atoms with Crippen LogP contribution in [0.5, 0.6) is 11.5 Å². The molecule has 3 fully saturated rings. The number of fused-ring (bicyclic) bond motifs is 9. The van der Waals surface area contributed by atoms with Crippen molar-refractivity contribution in [3.63, 3.8) is 0 Å². The number of methoxy groups -OCH3 is 1. The third-order valence-corrected chi connectivity index (χ3v) is 12.6. The molecule has 2 bridgehead atoms. The average molecular weight is 678 g/mol. The van der Waals surface area contributed by atoms with Crippen molar-refractivity contribution >= 4 is 52.5 Å². The number of nitrogens with one attached hydrogen (secondary N) is 2. The van der Waals surface area contributed by atoms with Gasteiger partial charge >= 0.3 is 10.8 Å². The van der Waals surface area contributed by atoms with E-state index >= 15 is 0 Å². The van der Waals surface area contributed by atoms with E-state index in [4.69, 9.17) is 14.6 Å². The molecule has 3 N–H and O–H groups in total. The first-order chi connectivity index (χ1) is 22.7. The van der Waals surface area contributed by atoms with Gasteiger partial charge in [0.05, 0.1) is 24.0 Å². The number of rotatable bonds is 12. The number of unbranched alkanes of at least 4 members (excludes halogenated alkanes) is 2. The number of thiazole rings is 1. The molecule has 4 aliphatic rings. The highest BCUT2D eigenvalue weighted by molar-refractivity contribution is 8.00. The van der Waals surface area contributed by atoms with Gasteiger partial charge in [-0.25, -0.2) is 0 Å². The van der Waals surface area contributed by atoms with Gasteiger partial charge in [0.1, 0.15) is 11.5 Å². The van der Waals surface area contributed by atoms with E-state index in [2.05, 4.69) is 10.3 Å². The number of likely N-dealkylation sites (tertiary alicyclic amines) is 1. The van der Waals surface area contributed by atoms with Gasteiger partial charge in [0.2, 0.25) is 11.8 Å². The molecular weight excluding hydrogens is 643 g/mol. The fourth-order valence-electron chi connectivity index (χ4n) is 8.21. The number of nitrogens with zero attached hydrogens (tertiary/aromatic N) is 1. The Bertz CT molecular complexity index is 1770. The Morgan fingerprint density at radius 1 is 1.00 bits per heavy atom. The molecule has 11 nitrogen and oxygen atoms in total. The summed E-state index contributed by atoms with van der Waals surface area (Å²) in [5, 5.41) is 12.6. The number of aromatic nitrogens is 1. The summed E-state index contributed by atoms with van der Waals surface area (Å²) in [4.78, 5) is 68.8. The fraction of sp³-hybridized carbons (Fsp3) is 0.441. The molecular formula is C34H35N3O8S2. The number of benzene rings is 2. The zero-order chi connectivity index (χ0) is 32.8. The van der Waals surface area contributed by atoms with Gasteiger partial charge in [-0.3, -0.25) is 28.9 Å². The largest absolute Gasteiger partial charge is 0.497 e. The molecule has 1 saturated heterocycles. The summed E-state index contributed by atoms with van der Waals surface area (Å²) in [7, 11) is 1.58. The average Bonchev–Trinajstić information content (AvgIpc) is 3.79. The Morgan fingerprint density at radius 3 is 2.51 bits per heavy atom. The van der Waals surface area contributed by atoms with Gasteiger partial charge in [-0.15, -0.1) is 11.8 Å². The minimum Gasteiger partial charge on any atom is -0.497 e. The summed E-state index contributed by atoms with van der Waals surface area (Å²) in [6, 6.07) is 14.6. The molecule has 0 spiro atoms. The maximum Gasteiger partial charge on any atom is 0.305 e. The molecule has 1 aromatic heterocycles. The van der Waals surface area contributed by atoms with Crippen LogP contribution in [0.15, 0.2) is 58.4 Å². The number of hydrogen-bond acceptors (Lipinski definition) is 9. The van der Waals surface area contributed by atoms with Crippen molar-refractivity contribution in [1.29, 1.82) is 0 Å². The summed E-state index contributed by atoms with van der Waals surface area (Å²) in [5.41, 5.74) is 1.57. The van der Waals surface area contributed by atoms with Crippen LogP contribution in [0.4, 0.5) is 5.69 Å². The van der Waals surface area contributed by atoms with E-state index in [1.54, 1.807) is 49.2 Å². The van der Waals surface area contributed by atoms with Crippen molar-refractivity contribution in [3.05, 3.63) is 68.6 Å². The van der Waals surface area contributed by atoms with Crippen molar-refractivity contribution in [2.45, 2.75) is 48.3 Å². The molecule has 3 amide bonds. The lowest BCUT2D eigenvalue weighted by Gasteiger charge is -2.43. The first-order valence-corrected chi connectivity index (χ1v) is 17.6. The predicted molar refractivity (Wildman–Crippen MR) is 175 cm³/mol. The highest BCUT2D eigenvalue weighted by Gasteiger charge is 2.69. The lowest BCUT2D eigenvalue weighted by Crippen LogP contribution is -2.42. The summed E-state index contributed by atoms with van der Waals surface area (Å²) >= 11 is 2.83. The van der Waals surface area contributed by atoms with E-state index in [9.17, 15) is 24.0 Å². The number of H-pyrrole nitrogens is 1. The highest BCUT2D eigenvalue weighted by atomic mass is 32.2. The molecule has 7 atom stereocenters. The standard InChI is InChI=1S/C34H35N3O8S2/c1-44-19-11-9-18(10-12-19)35-23(38)16-45-20-7-5-6-17(14-20)25-26-21-15-22(29(26)46-31-30(25)47-34(43)36-31)28-27(21)32(41)37(33(28)42)13-4-2-3-8-24(39)40/h5-7,9-12,14,21-22,25-29H,2-4,8,13,15-16H2,1H3,(H,35,38)(H,36,43)(H,39,40)/t21?,22?,25-,26?,27?,28?,29?/m1/s1. The van der Waals surface area contributed by atoms with Crippen molar-refractivity contribution < 1.29 is 33.8 Å². The monoisotopic (exact) mass is 677 g/mol. The van der Waals surface area contributed by atoms with E-state index in [-0.39, 0.29) is 76.4 Å². The van der Waals surface area contributed by atoms with E-state index in [1.807, 2.05) is 18.2 Å². The SMILES string of the molecule is COc1ccc(NC(=O)COc2cccc([C@H]3c4sc(=O)[nH]c4SC4C5CC(C6C(=O)N(CCCCCC(=O)O)C(=O)C56)C43)c2)cc1. The zero-order valence-corrected chi connectivity index (χ0v) is 27.3. The first kappa shape index (κ1) is 31.5. The van der Waals surface area contributed by atoms with Gasteiger partial charge in [0.25, 0.3) is 5.91 Å².